The van der Waals surface area contributed by atoms with Crippen molar-refractivity contribution in [3.63, 3.8) is 0 Å². The number of aromatic nitrogens is 2. The Balaban J connectivity index is 2.11. The molecule has 0 radical (unpaired) electrons. The van der Waals surface area contributed by atoms with Crippen molar-refractivity contribution in [2.24, 2.45) is 0 Å². The van der Waals surface area contributed by atoms with Gasteiger partial charge in [-0.2, -0.15) is 10.4 Å². The average molecular weight is 324 g/mol. The minimum atomic E-state index is -0.939. The number of anilines is 1. The summed E-state index contributed by atoms with van der Waals surface area (Å²) in [7, 11) is 0. The molecule has 1 atom stereocenters. The summed E-state index contributed by atoms with van der Waals surface area (Å²) in [5, 5.41) is 31.7. The van der Waals surface area contributed by atoms with E-state index in [0.717, 1.165) is 29.7 Å². The summed E-state index contributed by atoms with van der Waals surface area (Å²) >= 11 is 0. The van der Waals surface area contributed by atoms with E-state index in [1.807, 2.05) is 44.2 Å². The van der Waals surface area contributed by atoms with Crippen LogP contribution in [-0.2, 0) is 18.4 Å². The highest BCUT2D eigenvalue weighted by Gasteiger charge is 2.22. The highest BCUT2D eigenvalue weighted by atomic mass is 16.3. The zero-order valence-electron chi connectivity index (χ0n) is 14.5. The number of aliphatic hydroxyl groups is 1. The molecule has 0 saturated heterocycles. The molecule has 2 N–H and O–H groups in total. The minimum absolute atomic E-state index is 0.496. The lowest BCUT2D eigenvalue weighted by Gasteiger charge is -2.24. The van der Waals surface area contributed by atoms with E-state index < -0.39 is 5.60 Å². The Kier molecular flexibility index (Phi) is 5.88. The van der Waals surface area contributed by atoms with Gasteiger partial charge in [-0.1, -0.05) is 44.2 Å². The monoisotopic (exact) mass is 324 g/mol. The van der Waals surface area contributed by atoms with Gasteiger partial charge in [-0.05, 0) is 37.3 Å². The fraction of sp³-hybridized carbons (Fsp3) is 0.421. The molecule has 1 aromatic carbocycles. The molecule has 1 unspecified atom stereocenters. The van der Waals surface area contributed by atoms with Crippen LogP contribution in [-0.4, -0.2) is 21.8 Å². The lowest BCUT2D eigenvalue weighted by molar-refractivity contribution is 0.0515. The summed E-state index contributed by atoms with van der Waals surface area (Å²) in [5.74, 6) is 0.496. The van der Waals surface area contributed by atoms with Crippen molar-refractivity contribution in [1.82, 2.24) is 10.2 Å². The summed E-state index contributed by atoms with van der Waals surface area (Å²) in [6, 6.07) is 11.8. The van der Waals surface area contributed by atoms with E-state index in [1.165, 1.54) is 0 Å². The van der Waals surface area contributed by atoms with Gasteiger partial charge in [0, 0.05) is 6.54 Å². The number of benzene rings is 1. The fourth-order valence-electron chi connectivity index (χ4n) is 2.78. The van der Waals surface area contributed by atoms with Gasteiger partial charge in [0.25, 0.3) is 0 Å². The molecular weight excluding hydrogens is 300 g/mol. The molecule has 0 spiro atoms. The summed E-state index contributed by atoms with van der Waals surface area (Å²) in [4.78, 5) is 0. The number of hydrogen-bond acceptors (Lipinski definition) is 5. The van der Waals surface area contributed by atoms with Crippen LogP contribution in [0.4, 0.5) is 5.82 Å². The summed E-state index contributed by atoms with van der Waals surface area (Å²) in [5.41, 5.74) is 2.31. The zero-order valence-corrected chi connectivity index (χ0v) is 14.5. The lowest BCUT2D eigenvalue weighted by Crippen LogP contribution is -2.25. The van der Waals surface area contributed by atoms with Crippen molar-refractivity contribution in [1.29, 1.82) is 5.26 Å². The second kappa shape index (κ2) is 7.89. The topological polar surface area (TPSA) is 81.8 Å². The van der Waals surface area contributed by atoms with Gasteiger partial charge in [-0.3, -0.25) is 0 Å². The maximum Gasteiger partial charge on any atom is 0.166 e. The van der Waals surface area contributed by atoms with Crippen molar-refractivity contribution >= 4 is 5.82 Å². The van der Waals surface area contributed by atoms with Gasteiger partial charge < -0.3 is 10.4 Å². The van der Waals surface area contributed by atoms with Gasteiger partial charge in [0.05, 0.1) is 11.3 Å². The third kappa shape index (κ3) is 3.90. The first kappa shape index (κ1) is 17.9. The van der Waals surface area contributed by atoms with Crippen LogP contribution < -0.4 is 5.32 Å². The molecule has 0 aliphatic carbocycles. The molecule has 5 nitrogen and oxygen atoms in total. The molecule has 2 rings (SSSR count). The summed E-state index contributed by atoms with van der Waals surface area (Å²) in [6.45, 7) is 6.31. The SMILES string of the molecule is CCc1nnc(NCCC(C)(O)c2ccccc2)c(C#N)c1CC. The summed E-state index contributed by atoms with van der Waals surface area (Å²) < 4.78 is 0. The quantitative estimate of drug-likeness (QED) is 0.817. The smallest absolute Gasteiger partial charge is 0.166 e. The van der Waals surface area contributed by atoms with Crippen molar-refractivity contribution < 1.29 is 5.11 Å². The third-order valence-electron chi connectivity index (χ3n) is 4.26. The molecule has 0 fully saturated rings. The third-order valence-corrected chi connectivity index (χ3v) is 4.26. The molecule has 0 bridgehead atoms. The fourth-order valence-corrected chi connectivity index (χ4v) is 2.78. The van der Waals surface area contributed by atoms with Gasteiger partial charge in [-0.15, -0.1) is 5.10 Å². The van der Waals surface area contributed by atoms with Crippen LogP contribution in [0.3, 0.4) is 0 Å². The van der Waals surface area contributed by atoms with Crippen LogP contribution in [0.1, 0.15) is 49.6 Å². The van der Waals surface area contributed by atoms with E-state index in [2.05, 4.69) is 21.6 Å². The van der Waals surface area contributed by atoms with E-state index >= 15 is 0 Å². The van der Waals surface area contributed by atoms with Crippen LogP contribution in [0.5, 0.6) is 0 Å². The molecular formula is C19H24N4O. The van der Waals surface area contributed by atoms with E-state index in [0.29, 0.717) is 24.3 Å². The number of aryl methyl sites for hydroxylation is 1. The molecule has 0 aliphatic heterocycles. The first-order valence-electron chi connectivity index (χ1n) is 8.33. The largest absolute Gasteiger partial charge is 0.385 e. The van der Waals surface area contributed by atoms with Gasteiger partial charge in [0.2, 0.25) is 0 Å². The normalized spacial score (nSPS) is 13.1. The van der Waals surface area contributed by atoms with Gasteiger partial charge in [-0.25, -0.2) is 0 Å². The molecule has 0 amide bonds. The predicted octanol–water partition coefficient (Wildman–Crippen LogP) is 3.18. The molecule has 1 aromatic heterocycles. The number of rotatable bonds is 7. The van der Waals surface area contributed by atoms with Crippen LogP contribution >= 0.6 is 0 Å². The Morgan fingerprint density at radius 1 is 1.17 bits per heavy atom. The molecule has 0 aliphatic rings. The predicted molar refractivity (Wildman–Crippen MR) is 94.6 cm³/mol. The first-order valence-corrected chi connectivity index (χ1v) is 8.33. The zero-order chi connectivity index (χ0) is 17.6. The maximum absolute atomic E-state index is 10.6. The molecule has 126 valence electrons. The molecule has 1 heterocycles. The highest BCUT2D eigenvalue weighted by molar-refractivity contribution is 5.56. The standard InChI is InChI=1S/C19H24N4O/c1-4-15-16(13-20)18(23-22-17(15)5-2)21-12-11-19(3,24)14-9-7-6-8-10-14/h6-10,24H,4-5,11-12H2,1-3H3,(H,21,23). The van der Waals surface area contributed by atoms with Crippen molar-refractivity contribution in [3.8, 4) is 6.07 Å². The lowest BCUT2D eigenvalue weighted by atomic mass is 9.92. The van der Waals surface area contributed by atoms with Crippen LogP contribution in [0.15, 0.2) is 30.3 Å². The number of nitrogens with one attached hydrogen (secondary N) is 1. The Morgan fingerprint density at radius 3 is 2.46 bits per heavy atom. The number of hydrogen-bond donors (Lipinski definition) is 2. The highest BCUT2D eigenvalue weighted by Crippen LogP contribution is 2.25. The maximum atomic E-state index is 10.6. The van der Waals surface area contributed by atoms with Crippen LogP contribution in [0.25, 0.3) is 0 Å². The van der Waals surface area contributed by atoms with E-state index in [4.69, 9.17) is 0 Å². The minimum Gasteiger partial charge on any atom is -0.385 e. The van der Waals surface area contributed by atoms with Crippen LogP contribution in [0.2, 0.25) is 0 Å². The number of nitriles is 1. The van der Waals surface area contributed by atoms with E-state index in [-0.39, 0.29) is 0 Å². The Bertz CT molecular complexity index is 720. The van der Waals surface area contributed by atoms with Gasteiger partial charge >= 0.3 is 0 Å². The van der Waals surface area contributed by atoms with Crippen molar-refractivity contribution in [2.45, 2.75) is 45.6 Å². The van der Waals surface area contributed by atoms with Crippen LogP contribution in [0, 0.1) is 11.3 Å². The van der Waals surface area contributed by atoms with Gasteiger partial charge in [0.15, 0.2) is 5.82 Å². The van der Waals surface area contributed by atoms with Crippen molar-refractivity contribution in [2.75, 3.05) is 11.9 Å². The first-order chi connectivity index (χ1) is 11.5. The Labute approximate surface area is 143 Å². The van der Waals surface area contributed by atoms with E-state index in [9.17, 15) is 10.4 Å². The second-order valence-corrected chi connectivity index (χ2v) is 5.98. The molecule has 2 aromatic rings. The number of nitrogens with zero attached hydrogens (tertiary/aromatic N) is 3. The Morgan fingerprint density at radius 2 is 1.88 bits per heavy atom. The molecule has 24 heavy (non-hydrogen) atoms. The Hall–Kier alpha value is -2.45. The molecule has 5 heteroatoms. The van der Waals surface area contributed by atoms with Gasteiger partial charge in [0.1, 0.15) is 11.6 Å². The average Bonchev–Trinajstić information content (AvgIpc) is 2.61. The van der Waals surface area contributed by atoms with Crippen molar-refractivity contribution in [3.05, 3.63) is 52.7 Å². The van der Waals surface area contributed by atoms with E-state index in [1.54, 1.807) is 6.92 Å². The summed E-state index contributed by atoms with van der Waals surface area (Å²) in [6.07, 6.45) is 2.01. The molecule has 0 saturated carbocycles. The second-order valence-electron chi connectivity index (χ2n) is 5.98.